The highest BCUT2D eigenvalue weighted by molar-refractivity contribution is 7.98. The number of carbonyl (C=O) groups is 2. The fourth-order valence-corrected chi connectivity index (χ4v) is 3.97. The van der Waals surface area contributed by atoms with Crippen LogP contribution in [0.2, 0.25) is 0 Å². The lowest BCUT2D eigenvalue weighted by Crippen LogP contribution is -2.36. The topological polar surface area (TPSA) is 85.7 Å². The molecule has 1 saturated heterocycles. The number of benzene rings is 2. The van der Waals surface area contributed by atoms with Crippen molar-refractivity contribution in [3.8, 4) is 5.69 Å². The van der Waals surface area contributed by atoms with Gasteiger partial charge in [0.05, 0.1) is 19.4 Å². The van der Waals surface area contributed by atoms with Crippen molar-refractivity contribution >= 4 is 35.0 Å². The third-order valence-corrected chi connectivity index (χ3v) is 5.65. The second-order valence-corrected chi connectivity index (χ2v) is 7.85. The van der Waals surface area contributed by atoms with Gasteiger partial charge in [-0.1, -0.05) is 30.0 Å². The zero-order valence-electron chi connectivity index (χ0n) is 17.7. The van der Waals surface area contributed by atoms with Crippen molar-refractivity contribution in [3.05, 3.63) is 66.5 Å². The Morgan fingerprint density at radius 1 is 1.06 bits per heavy atom. The summed E-state index contributed by atoms with van der Waals surface area (Å²) in [5.74, 6) is -1.02. The number of rotatable bonds is 7. The number of thioether (sulfide) groups is 1. The molecule has 2 heterocycles. The Hall–Kier alpha value is -3.30. The molecule has 1 aliphatic rings. The summed E-state index contributed by atoms with van der Waals surface area (Å²) in [7, 11) is 0. The first kappa shape index (κ1) is 21.9. The molecule has 0 spiro atoms. The minimum Gasteiger partial charge on any atom is -0.451 e. The highest BCUT2D eigenvalue weighted by atomic mass is 32.2. The van der Waals surface area contributed by atoms with Crippen molar-refractivity contribution < 1.29 is 19.1 Å². The first-order valence-electron chi connectivity index (χ1n) is 10.2. The molecule has 8 nitrogen and oxygen atoms in total. The largest absolute Gasteiger partial charge is 0.451 e. The first-order chi connectivity index (χ1) is 15.7. The minimum absolute atomic E-state index is 0.267. The Kier molecular flexibility index (Phi) is 7.08. The van der Waals surface area contributed by atoms with Gasteiger partial charge in [0.25, 0.3) is 5.91 Å². The Morgan fingerprint density at radius 3 is 2.47 bits per heavy atom. The summed E-state index contributed by atoms with van der Waals surface area (Å²) in [5.41, 5.74) is 2.79. The van der Waals surface area contributed by atoms with Gasteiger partial charge >= 0.3 is 5.97 Å². The van der Waals surface area contributed by atoms with Crippen LogP contribution in [-0.4, -0.2) is 60.6 Å². The summed E-state index contributed by atoms with van der Waals surface area (Å²) in [6.07, 6.45) is 3.35. The molecular formula is C23H24N4O4S. The van der Waals surface area contributed by atoms with Crippen LogP contribution < -0.4 is 10.2 Å². The molecule has 2 aromatic carbocycles. The average Bonchev–Trinajstić information content (AvgIpc) is 3.28. The van der Waals surface area contributed by atoms with Crippen molar-refractivity contribution in [1.29, 1.82) is 0 Å². The second kappa shape index (κ2) is 10.3. The quantitative estimate of drug-likeness (QED) is 0.435. The van der Waals surface area contributed by atoms with E-state index in [1.54, 1.807) is 4.57 Å². The highest BCUT2D eigenvalue weighted by Gasteiger charge is 2.20. The number of anilines is 2. The number of aromatic nitrogens is 2. The molecule has 1 aromatic heterocycles. The van der Waals surface area contributed by atoms with Crippen LogP contribution in [0.5, 0.6) is 0 Å². The molecule has 9 heteroatoms. The monoisotopic (exact) mass is 452 g/mol. The Balaban J connectivity index is 1.35. The van der Waals surface area contributed by atoms with E-state index >= 15 is 0 Å². The number of morpholine rings is 1. The maximum Gasteiger partial charge on any atom is 0.357 e. The molecular weight excluding hydrogens is 428 g/mol. The van der Waals surface area contributed by atoms with E-state index in [0.29, 0.717) is 24.1 Å². The van der Waals surface area contributed by atoms with E-state index in [9.17, 15) is 9.59 Å². The molecule has 0 aliphatic carbocycles. The number of carbonyl (C=O) groups excluding carboxylic acids is 2. The molecule has 166 valence electrons. The Morgan fingerprint density at radius 2 is 1.78 bits per heavy atom. The van der Waals surface area contributed by atoms with Crippen LogP contribution >= 0.6 is 11.8 Å². The molecule has 0 saturated carbocycles. The number of hydrogen-bond donors (Lipinski definition) is 1. The number of ether oxygens (including phenoxy) is 2. The molecule has 1 N–H and O–H groups in total. The second-order valence-electron chi connectivity index (χ2n) is 7.07. The number of amides is 1. The molecule has 1 fully saturated rings. The SMILES string of the molecule is CSc1ncc(C(=O)OCC(=O)Nc2ccc(N3CCOCC3)cc2)n1-c1ccccc1. The van der Waals surface area contributed by atoms with Crippen LogP contribution in [-0.2, 0) is 14.3 Å². The summed E-state index contributed by atoms with van der Waals surface area (Å²) in [4.78, 5) is 31.5. The molecule has 32 heavy (non-hydrogen) atoms. The van der Waals surface area contributed by atoms with E-state index in [1.807, 2.05) is 60.9 Å². The van der Waals surface area contributed by atoms with Gasteiger partial charge in [-0.2, -0.15) is 0 Å². The van der Waals surface area contributed by atoms with E-state index in [0.717, 1.165) is 24.5 Å². The molecule has 1 amide bonds. The molecule has 3 aromatic rings. The molecule has 4 rings (SSSR count). The highest BCUT2D eigenvalue weighted by Crippen LogP contribution is 2.22. The van der Waals surface area contributed by atoms with Crippen molar-refractivity contribution in [2.45, 2.75) is 5.16 Å². The van der Waals surface area contributed by atoms with Crippen molar-refractivity contribution in [2.75, 3.05) is 49.4 Å². The summed E-state index contributed by atoms with van der Waals surface area (Å²) in [6, 6.07) is 17.0. The van der Waals surface area contributed by atoms with Gasteiger partial charge in [0.1, 0.15) is 0 Å². The number of hydrogen-bond acceptors (Lipinski definition) is 7. The zero-order chi connectivity index (χ0) is 22.3. The lowest BCUT2D eigenvalue weighted by Gasteiger charge is -2.28. The maximum absolute atomic E-state index is 12.7. The lowest BCUT2D eigenvalue weighted by molar-refractivity contribution is -0.119. The molecule has 0 atom stereocenters. The summed E-state index contributed by atoms with van der Waals surface area (Å²) in [6.45, 7) is 2.73. The van der Waals surface area contributed by atoms with Gasteiger partial charge in [-0.15, -0.1) is 0 Å². The fourth-order valence-electron chi connectivity index (χ4n) is 3.43. The molecule has 1 aliphatic heterocycles. The lowest BCUT2D eigenvalue weighted by atomic mass is 10.2. The Bertz CT molecular complexity index is 1060. The predicted molar refractivity (Wildman–Crippen MR) is 124 cm³/mol. The van der Waals surface area contributed by atoms with Crippen LogP contribution in [0.15, 0.2) is 66.0 Å². The van der Waals surface area contributed by atoms with Gasteiger partial charge in [0.15, 0.2) is 17.5 Å². The normalized spacial score (nSPS) is 13.6. The van der Waals surface area contributed by atoms with E-state index in [2.05, 4.69) is 15.2 Å². The van der Waals surface area contributed by atoms with Crippen LogP contribution in [0.3, 0.4) is 0 Å². The van der Waals surface area contributed by atoms with Gasteiger partial charge < -0.3 is 19.7 Å². The number of esters is 1. The van der Waals surface area contributed by atoms with E-state index in [4.69, 9.17) is 9.47 Å². The zero-order valence-corrected chi connectivity index (χ0v) is 18.5. The van der Waals surface area contributed by atoms with Crippen LogP contribution in [0.4, 0.5) is 11.4 Å². The van der Waals surface area contributed by atoms with Crippen LogP contribution in [0.25, 0.3) is 5.69 Å². The smallest absolute Gasteiger partial charge is 0.357 e. The van der Waals surface area contributed by atoms with Gasteiger partial charge in [-0.3, -0.25) is 9.36 Å². The number of para-hydroxylation sites is 1. The van der Waals surface area contributed by atoms with E-state index in [1.165, 1.54) is 18.0 Å². The van der Waals surface area contributed by atoms with Crippen molar-refractivity contribution in [1.82, 2.24) is 9.55 Å². The van der Waals surface area contributed by atoms with Gasteiger partial charge in [-0.05, 0) is 42.7 Å². The summed E-state index contributed by atoms with van der Waals surface area (Å²) >= 11 is 1.42. The van der Waals surface area contributed by atoms with Gasteiger partial charge in [0.2, 0.25) is 0 Å². The van der Waals surface area contributed by atoms with Gasteiger partial charge in [0, 0.05) is 30.2 Å². The first-order valence-corrected chi connectivity index (χ1v) is 11.4. The maximum atomic E-state index is 12.7. The summed E-state index contributed by atoms with van der Waals surface area (Å²) in [5, 5.41) is 3.42. The third-order valence-electron chi connectivity index (χ3n) is 5.00. The number of imidazole rings is 1. The number of nitrogens with one attached hydrogen (secondary N) is 1. The van der Waals surface area contributed by atoms with Crippen LogP contribution in [0.1, 0.15) is 10.5 Å². The fraction of sp³-hybridized carbons (Fsp3) is 0.261. The minimum atomic E-state index is -0.612. The summed E-state index contributed by atoms with van der Waals surface area (Å²) < 4.78 is 12.3. The third kappa shape index (κ3) is 5.12. The average molecular weight is 453 g/mol. The molecule has 0 unspecified atom stereocenters. The van der Waals surface area contributed by atoms with Crippen molar-refractivity contribution in [3.63, 3.8) is 0 Å². The van der Waals surface area contributed by atoms with Gasteiger partial charge in [-0.25, -0.2) is 9.78 Å². The van der Waals surface area contributed by atoms with Crippen molar-refractivity contribution in [2.24, 2.45) is 0 Å². The standard InChI is InChI=1S/C23H24N4O4S/c1-32-23-24-15-20(27(23)19-5-3-2-4-6-19)22(29)31-16-21(28)25-17-7-9-18(10-8-17)26-11-13-30-14-12-26/h2-10,15H,11-14,16H2,1H3,(H,25,28). The number of nitrogens with zero attached hydrogens (tertiary/aromatic N) is 3. The molecule has 0 radical (unpaired) electrons. The Labute approximate surface area is 190 Å². The molecule has 0 bridgehead atoms. The van der Waals surface area contributed by atoms with Crippen LogP contribution in [0, 0.1) is 0 Å². The van der Waals surface area contributed by atoms with E-state index in [-0.39, 0.29) is 5.69 Å². The predicted octanol–water partition coefficient (Wildman–Crippen LogP) is 3.23. The van der Waals surface area contributed by atoms with E-state index < -0.39 is 18.5 Å².